The van der Waals surface area contributed by atoms with Crippen molar-refractivity contribution >= 4 is 17.1 Å². The van der Waals surface area contributed by atoms with Crippen molar-refractivity contribution in [1.82, 2.24) is 0 Å². The van der Waals surface area contributed by atoms with Gasteiger partial charge in [-0.25, -0.2) is 0 Å². The Bertz CT molecular complexity index is 2070. The van der Waals surface area contributed by atoms with E-state index in [2.05, 4.69) is 187 Å². The van der Waals surface area contributed by atoms with Crippen LogP contribution < -0.4 is 4.90 Å². The molecule has 6 aromatic carbocycles. The van der Waals surface area contributed by atoms with E-state index in [0.29, 0.717) is 0 Å². The lowest BCUT2D eigenvalue weighted by Crippen LogP contribution is -2.21. The summed E-state index contributed by atoms with van der Waals surface area (Å²) < 4.78 is 0. The second-order valence-electron chi connectivity index (χ2n) is 15.1. The van der Waals surface area contributed by atoms with E-state index in [9.17, 15) is 0 Å². The van der Waals surface area contributed by atoms with Crippen molar-refractivity contribution in [2.24, 2.45) is 0 Å². The summed E-state index contributed by atoms with van der Waals surface area (Å²) in [5, 5.41) is 0. The van der Waals surface area contributed by atoms with Crippen molar-refractivity contribution in [1.29, 1.82) is 0 Å². The third-order valence-electron chi connectivity index (χ3n) is 11.3. The summed E-state index contributed by atoms with van der Waals surface area (Å²) in [6, 6.07) is 50.0. The average Bonchev–Trinajstić information content (AvgIpc) is 3.45. The second-order valence-corrected chi connectivity index (χ2v) is 15.1. The molecular formula is C46H43N. The molecule has 232 valence electrons. The molecule has 1 nitrogen and oxygen atoms in total. The molecule has 0 aromatic heterocycles. The Hall–Kier alpha value is -4.88. The van der Waals surface area contributed by atoms with Crippen LogP contribution >= 0.6 is 0 Å². The van der Waals surface area contributed by atoms with Gasteiger partial charge in [-0.3, -0.25) is 0 Å². The Morgan fingerprint density at radius 1 is 0.447 bits per heavy atom. The van der Waals surface area contributed by atoms with Crippen molar-refractivity contribution in [3.05, 3.63) is 172 Å². The lowest BCUT2D eigenvalue weighted by Gasteiger charge is -2.32. The number of benzene rings is 6. The van der Waals surface area contributed by atoms with Crippen molar-refractivity contribution in [2.45, 2.75) is 64.7 Å². The van der Waals surface area contributed by atoms with Crippen LogP contribution in [0.1, 0.15) is 80.5 Å². The highest BCUT2D eigenvalue weighted by Crippen LogP contribution is 2.53. The summed E-state index contributed by atoms with van der Waals surface area (Å²) in [5.74, 6) is 0. The summed E-state index contributed by atoms with van der Waals surface area (Å²) in [6.07, 6.45) is 0. The number of nitrogens with zero attached hydrogens (tertiary/aromatic N) is 1. The third-order valence-corrected chi connectivity index (χ3v) is 11.3. The predicted octanol–water partition coefficient (Wildman–Crippen LogP) is 12.4. The molecule has 0 spiro atoms. The molecule has 47 heavy (non-hydrogen) atoms. The third kappa shape index (κ3) is 4.36. The van der Waals surface area contributed by atoms with E-state index in [1.165, 1.54) is 78.3 Å². The molecule has 0 atom stereocenters. The van der Waals surface area contributed by atoms with Crippen molar-refractivity contribution in [2.75, 3.05) is 4.90 Å². The van der Waals surface area contributed by atoms with E-state index in [-0.39, 0.29) is 16.2 Å². The van der Waals surface area contributed by atoms with Crippen LogP contribution in [0.2, 0.25) is 0 Å². The van der Waals surface area contributed by atoms with Crippen molar-refractivity contribution < 1.29 is 0 Å². The highest BCUT2D eigenvalue weighted by Gasteiger charge is 2.38. The van der Waals surface area contributed by atoms with Crippen molar-refractivity contribution in [3.8, 4) is 22.3 Å². The Labute approximate surface area is 280 Å². The molecule has 0 saturated heterocycles. The van der Waals surface area contributed by atoms with Crippen LogP contribution in [0.3, 0.4) is 0 Å². The number of rotatable bonds is 5. The summed E-state index contributed by atoms with van der Waals surface area (Å²) in [6.45, 7) is 16.4. The first-order valence-corrected chi connectivity index (χ1v) is 17.0. The van der Waals surface area contributed by atoms with E-state index < -0.39 is 0 Å². The number of hydrogen-bond acceptors (Lipinski definition) is 1. The molecular weight excluding hydrogens is 567 g/mol. The van der Waals surface area contributed by atoms with Crippen LogP contribution in [0.5, 0.6) is 0 Å². The van der Waals surface area contributed by atoms with Gasteiger partial charge in [0.05, 0.1) is 0 Å². The predicted molar refractivity (Wildman–Crippen MR) is 200 cm³/mol. The first-order valence-electron chi connectivity index (χ1n) is 17.0. The van der Waals surface area contributed by atoms with Crippen LogP contribution in [0.25, 0.3) is 22.3 Å². The summed E-state index contributed by atoms with van der Waals surface area (Å²) in [5.41, 5.74) is 18.1. The molecule has 0 unspecified atom stereocenters. The minimum absolute atomic E-state index is 0.0804. The van der Waals surface area contributed by atoms with Gasteiger partial charge in [0, 0.05) is 33.3 Å². The van der Waals surface area contributed by atoms with Gasteiger partial charge < -0.3 is 4.90 Å². The Morgan fingerprint density at radius 3 is 1.40 bits per heavy atom. The number of anilines is 3. The minimum atomic E-state index is -0.157. The van der Waals surface area contributed by atoms with E-state index in [1.807, 2.05) is 0 Å². The molecule has 0 bridgehead atoms. The van der Waals surface area contributed by atoms with Gasteiger partial charge in [-0.05, 0) is 105 Å². The van der Waals surface area contributed by atoms with Gasteiger partial charge in [-0.2, -0.15) is 0 Å². The molecule has 0 aliphatic heterocycles. The zero-order valence-corrected chi connectivity index (χ0v) is 28.6. The molecule has 0 heterocycles. The zero-order chi connectivity index (χ0) is 32.7. The van der Waals surface area contributed by atoms with Crippen LogP contribution in [0.4, 0.5) is 17.1 Å². The molecule has 1 heteroatoms. The minimum Gasteiger partial charge on any atom is -0.310 e. The lowest BCUT2D eigenvalue weighted by atomic mass is 9.76. The van der Waals surface area contributed by atoms with E-state index in [4.69, 9.17) is 0 Å². The van der Waals surface area contributed by atoms with Crippen LogP contribution in [-0.4, -0.2) is 0 Å². The van der Waals surface area contributed by atoms with Crippen LogP contribution in [-0.2, 0) is 16.2 Å². The van der Waals surface area contributed by atoms with Crippen LogP contribution in [0.15, 0.2) is 133 Å². The normalized spacial score (nSPS) is 15.0. The topological polar surface area (TPSA) is 3.24 Å². The molecule has 2 aliphatic carbocycles. The number of fused-ring (bicyclic) bond motifs is 6. The quantitative estimate of drug-likeness (QED) is 0.188. The lowest BCUT2D eigenvalue weighted by molar-refractivity contribution is 0.636. The summed E-state index contributed by atoms with van der Waals surface area (Å²) in [7, 11) is 0. The maximum absolute atomic E-state index is 2.49. The standard InChI is InChI=1S/C46H43N/c1-30-21-22-32(27-41(30)44(2,3)31-15-9-8-10-16-31)47(33-23-25-37-35-17-11-13-19-39(35)45(4,5)42(37)28-33)34-24-26-38-36-18-12-14-20-40(36)46(6,7)43(38)29-34/h8-29H,1-7H3. The maximum Gasteiger partial charge on any atom is 0.0465 e. The van der Waals surface area contributed by atoms with Gasteiger partial charge in [0.25, 0.3) is 0 Å². The van der Waals surface area contributed by atoms with Gasteiger partial charge in [-0.1, -0.05) is 139 Å². The second kappa shape index (κ2) is 10.3. The Balaban J connectivity index is 1.34. The Morgan fingerprint density at radius 2 is 0.872 bits per heavy atom. The fourth-order valence-corrected chi connectivity index (χ4v) is 8.54. The fraction of sp³-hybridized carbons (Fsp3) is 0.217. The molecule has 0 N–H and O–H groups in total. The van der Waals surface area contributed by atoms with Crippen molar-refractivity contribution in [3.63, 3.8) is 0 Å². The van der Waals surface area contributed by atoms with Gasteiger partial charge in [0.1, 0.15) is 0 Å². The molecule has 0 radical (unpaired) electrons. The average molecular weight is 610 g/mol. The first kappa shape index (κ1) is 29.5. The monoisotopic (exact) mass is 609 g/mol. The smallest absolute Gasteiger partial charge is 0.0465 e. The van der Waals surface area contributed by atoms with Gasteiger partial charge in [0.2, 0.25) is 0 Å². The largest absolute Gasteiger partial charge is 0.310 e. The molecule has 0 fully saturated rings. The van der Waals surface area contributed by atoms with Crippen LogP contribution in [0, 0.1) is 6.92 Å². The molecule has 0 amide bonds. The summed E-state index contributed by atoms with van der Waals surface area (Å²) >= 11 is 0. The van der Waals surface area contributed by atoms with E-state index >= 15 is 0 Å². The highest BCUT2D eigenvalue weighted by atomic mass is 15.1. The molecule has 2 aliphatic rings. The van der Waals surface area contributed by atoms with Gasteiger partial charge >= 0.3 is 0 Å². The maximum atomic E-state index is 2.49. The summed E-state index contributed by atoms with van der Waals surface area (Å²) in [4.78, 5) is 2.49. The van der Waals surface area contributed by atoms with E-state index in [0.717, 1.165) is 0 Å². The first-order chi connectivity index (χ1) is 22.5. The molecule has 6 aromatic rings. The number of hydrogen-bond donors (Lipinski definition) is 0. The number of aryl methyl sites for hydroxylation is 1. The Kier molecular flexibility index (Phi) is 6.48. The van der Waals surface area contributed by atoms with E-state index in [1.54, 1.807) is 0 Å². The molecule has 8 rings (SSSR count). The fourth-order valence-electron chi connectivity index (χ4n) is 8.54. The molecule has 0 saturated carbocycles. The zero-order valence-electron chi connectivity index (χ0n) is 28.6. The SMILES string of the molecule is Cc1ccc(N(c2ccc3c(c2)C(C)(C)c2ccccc2-3)c2ccc3c(c2)C(C)(C)c2ccccc2-3)cc1C(C)(C)c1ccccc1. The highest BCUT2D eigenvalue weighted by molar-refractivity contribution is 5.88. The van der Waals surface area contributed by atoms with Gasteiger partial charge in [-0.15, -0.1) is 0 Å². The van der Waals surface area contributed by atoms with Gasteiger partial charge in [0.15, 0.2) is 0 Å².